The van der Waals surface area contributed by atoms with E-state index in [1.807, 2.05) is 0 Å². The van der Waals surface area contributed by atoms with E-state index in [1.165, 1.54) is 6.07 Å². The first-order valence-corrected chi connectivity index (χ1v) is 5.70. The molecule has 6 heteroatoms. The van der Waals surface area contributed by atoms with Gasteiger partial charge in [0.25, 0.3) is 0 Å². The first kappa shape index (κ1) is 16.4. The van der Waals surface area contributed by atoms with Gasteiger partial charge in [-0.2, -0.15) is 0 Å². The van der Waals surface area contributed by atoms with Crippen LogP contribution in [0.4, 0.5) is 4.39 Å². The second-order valence-corrected chi connectivity index (χ2v) is 4.20. The molecule has 1 aromatic rings. The molecular weight excluding hydrogens is 312 g/mol. The third-order valence-corrected chi connectivity index (χ3v) is 2.54. The molecule has 0 aliphatic rings. The Balaban J connectivity index is 0.00000256. The number of benzene rings is 1. The molecule has 1 unspecified atom stereocenters. The van der Waals surface area contributed by atoms with Gasteiger partial charge in [0, 0.05) is 16.1 Å². The van der Waals surface area contributed by atoms with Crippen LogP contribution in [0, 0.1) is 5.82 Å². The highest BCUT2D eigenvalue weighted by Gasteiger charge is 2.16. The maximum absolute atomic E-state index is 13.4. The third kappa shape index (κ3) is 5.02. The van der Waals surface area contributed by atoms with Crippen molar-refractivity contribution >= 4 is 34.3 Å². The summed E-state index contributed by atoms with van der Waals surface area (Å²) >= 11 is 3.22. The predicted molar refractivity (Wildman–Crippen MR) is 69.5 cm³/mol. The Kier molecular flexibility index (Phi) is 7.34. The van der Waals surface area contributed by atoms with Crippen molar-refractivity contribution in [3.63, 3.8) is 0 Å². The third-order valence-electron chi connectivity index (χ3n) is 2.05. The SMILES string of the molecule is CCOC(=O)CC(N)c1cc(Br)ccc1F.Cl. The van der Waals surface area contributed by atoms with E-state index in [0.717, 1.165) is 4.47 Å². The van der Waals surface area contributed by atoms with Gasteiger partial charge in [0.2, 0.25) is 0 Å². The second-order valence-electron chi connectivity index (χ2n) is 3.28. The minimum atomic E-state index is -0.684. The van der Waals surface area contributed by atoms with Gasteiger partial charge < -0.3 is 10.5 Å². The molecule has 0 radical (unpaired) electrons. The van der Waals surface area contributed by atoms with E-state index in [0.29, 0.717) is 12.2 Å². The van der Waals surface area contributed by atoms with E-state index in [4.69, 9.17) is 10.5 Å². The molecule has 0 heterocycles. The molecule has 0 aromatic heterocycles. The maximum atomic E-state index is 13.4. The summed E-state index contributed by atoms with van der Waals surface area (Å²) in [4.78, 5) is 11.2. The summed E-state index contributed by atoms with van der Waals surface area (Å²) in [7, 11) is 0. The first-order chi connectivity index (χ1) is 7.54. The van der Waals surface area contributed by atoms with Crippen molar-refractivity contribution in [2.75, 3.05) is 6.61 Å². The zero-order chi connectivity index (χ0) is 12.1. The van der Waals surface area contributed by atoms with Crippen molar-refractivity contribution < 1.29 is 13.9 Å². The molecule has 17 heavy (non-hydrogen) atoms. The Labute approximate surface area is 114 Å². The zero-order valence-electron chi connectivity index (χ0n) is 9.28. The number of rotatable bonds is 4. The lowest BCUT2D eigenvalue weighted by Gasteiger charge is -2.12. The van der Waals surface area contributed by atoms with Crippen molar-refractivity contribution in [3.8, 4) is 0 Å². The van der Waals surface area contributed by atoms with Crippen LogP contribution >= 0.6 is 28.3 Å². The van der Waals surface area contributed by atoms with Gasteiger partial charge in [-0.1, -0.05) is 15.9 Å². The monoisotopic (exact) mass is 325 g/mol. The van der Waals surface area contributed by atoms with Gasteiger partial charge in [-0.15, -0.1) is 12.4 Å². The predicted octanol–water partition coefficient (Wildman–Crippen LogP) is 2.96. The molecule has 1 atom stereocenters. The molecule has 0 aliphatic carbocycles. The molecule has 0 bridgehead atoms. The first-order valence-electron chi connectivity index (χ1n) is 4.90. The van der Waals surface area contributed by atoms with Crippen LogP contribution in [0.25, 0.3) is 0 Å². The zero-order valence-corrected chi connectivity index (χ0v) is 11.7. The van der Waals surface area contributed by atoms with Crippen LogP contribution < -0.4 is 5.73 Å². The van der Waals surface area contributed by atoms with Gasteiger partial charge in [-0.05, 0) is 25.1 Å². The van der Waals surface area contributed by atoms with Crippen LogP contribution in [-0.4, -0.2) is 12.6 Å². The largest absolute Gasteiger partial charge is 0.466 e. The number of nitrogens with two attached hydrogens (primary N) is 1. The van der Waals surface area contributed by atoms with Crippen molar-refractivity contribution in [3.05, 3.63) is 34.1 Å². The van der Waals surface area contributed by atoms with Crippen LogP contribution in [0.1, 0.15) is 24.9 Å². The number of ether oxygens (including phenoxy) is 1. The molecule has 0 aliphatic heterocycles. The molecule has 0 spiro atoms. The molecule has 1 aromatic carbocycles. The van der Waals surface area contributed by atoms with Crippen LogP contribution in [0.2, 0.25) is 0 Å². The topological polar surface area (TPSA) is 52.3 Å². The maximum Gasteiger partial charge on any atom is 0.307 e. The fourth-order valence-electron chi connectivity index (χ4n) is 1.31. The molecule has 1 rings (SSSR count). The quantitative estimate of drug-likeness (QED) is 0.866. The Morgan fingerprint density at radius 2 is 2.24 bits per heavy atom. The Hall–Kier alpha value is -0.650. The van der Waals surface area contributed by atoms with Crippen molar-refractivity contribution in [2.45, 2.75) is 19.4 Å². The van der Waals surface area contributed by atoms with E-state index in [2.05, 4.69) is 15.9 Å². The summed E-state index contributed by atoms with van der Waals surface area (Å²) in [6, 6.07) is 3.77. The Morgan fingerprint density at radius 3 is 2.82 bits per heavy atom. The van der Waals surface area contributed by atoms with Crippen molar-refractivity contribution in [2.24, 2.45) is 5.73 Å². The summed E-state index contributed by atoms with van der Waals surface area (Å²) in [5.41, 5.74) is 6.04. The Bertz CT molecular complexity index is 390. The van der Waals surface area contributed by atoms with Gasteiger partial charge in [-0.25, -0.2) is 4.39 Å². The van der Waals surface area contributed by atoms with Gasteiger partial charge in [0.05, 0.1) is 13.0 Å². The van der Waals surface area contributed by atoms with E-state index < -0.39 is 17.8 Å². The number of halogens is 3. The summed E-state index contributed by atoms with van der Waals surface area (Å²) < 4.78 is 18.9. The van der Waals surface area contributed by atoms with Gasteiger partial charge >= 0.3 is 5.97 Å². The minimum Gasteiger partial charge on any atom is -0.466 e. The lowest BCUT2D eigenvalue weighted by atomic mass is 10.0. The van der Waals surface area contributed by atoms with Crippen LogP contribution in [0.5, 0.6) is 0 Å². The molecule has 0 saturated carbocycles. The molecule has 96 valence electrons. The molecule has 0 saturated heterocycles. The molecule has 0 amide bonds. The van der Waals surface area contributed by atoms with Crippen LogP contribution in [0.3, 0.4) is 0 Å². The normalized spacial score (nSPS) is 11.5. The lowest BCUT2D eigenvalue weighted by Crippen LogP contribution is -2.18. The average Bonchev–Trinajstić information content (AvgIpc) is 2.21. The standard InChI is InChI=1S/C11H13BrFNO2.ClH/c1-2-16-11(15)6-10(14)8-5-7(12)3-4-9(8)13;/h3-5,10H,2,6,14H2,1H3;1H. The number of carbonyl (C=O) groups is 1. The number of esters is 1. The highest BCUT2D eigenvalue weighted by atomic mass is 79.9. The summed E-state index contributed by atoms with van der Waals surface area (Å²) in [5, 5.41) is 0. The second kappa shape index (κ2) is 7.63. The molecule has 3 nitrogen and oxygen atoms in total. The fraction of sp³-hybridized carbons (Fsp3) is 0.364. The van der Waals surface area contributed by atoms with E-state index in [1.54, 1.807) is 19.1 Å². The van der Waals surface area contributed by atoms with Crippen molar-refractivity contribution in [1.82, 2.24) is 0 Å². The summed E-state index contributed by atoms with van der Waals surface area (Å²) in [6.07, 6.45) is -0.0266. The summed E-state index contributed by atoms with van der Waals surface area (Å²) in [6.45, 7) is 2.01. The van der Waals surface area contributed by atoms with Gasteiger partial charge in [0.1, 0.15) is 5.82 Å². The van der Waals surface area contributed by atoms with Gasteiger partial charge in [-0.3, -0.25) is 4.79 Å². The summed E-state index contributed by atoms with van der Waals surface area (Å²) in [5.74, 6) is -0.839. The molecule has 0 fully saturated rings. The van der Waals surface area contributed by atoms with E-state index >= 15 is 0 Å². The number of hydrogen-bond acceptors (Lipinski definition) is 3. The van der Waals surface area contributed by atoms with Crippen molar-refractivity contribution in [1.29, 1.82) is 0 Å². The fourth-order valence-corrected chi connectivity index (χ4v) is 1.69. The van der Waals surface area contributed by atoms with E-state index in [-0.39, 0.29) is 18.8 Å². The smallest absolute Gasteiger partial charge is 0.307 e. The minimum absolute atomic E-state index is 0. The van der Waals surface area contributed by atoms with Gasteiger partial charge in [0.15, 0.2) is 0 Å². The molecule has 2 N–H and O–H groups in total. The lowest BCUT2D eigenvalue weighted by molar-refractivity contribution is -0.143. The van der Waals surface area contributed by atoms with Crippen LogP contribution in [-0.2, 0) is 9.53 Å². The highest BCUT2D eigenvalue weighted by molar-refractivity contribution is 9.10. The van der Waals surface area contributed by atoms with Crippen LogP contribution in [0.15, 0.2) is 22.7 Å². The van der Waals surface area contributed by atoms with E-state index in [9.17, 15) is 9.18 Å². The number of hydrogen-bond donors (Lipinski definition) is 1. The molecular formula is C11H14BrClFNO2. The highest BCUT2D eigenvalue weighted by Crippen LogP contribution is 2.22. The Morgan fingerprint density at radius 1 is 1.59 bits per heavy atom. The number of carbonyl (C=O) groups excluding carboxylic acids is 1. The average molecular weight is 327 g/mol.